The van der Waals surface area contributed by atoms with E-state index in [0.717, 1.165) is 5.75 Å². The highest BCUT2D eigenvalue weighted by molar-refractivity contribution is 5.37. The molecule has 0 aliphatic heterocycles. The second kappa shape index (κ2) is 4.23. The molecular formula is C13H14N2O. The van der Waals surface area contributed by atoms with Gasteiger partial charge in [0, 0.05) is 6.07 Å². The van der Waals surface area contributed by atoms with Crippen LogP contribution in [0.3, 0.4) is 0 Å². The molecule has 1 aromatic carbocycles. The summed E-state index contributed by atoms with van der Waals surface area (Å²) >= 11 is 0. The molecule has 2 N–H and O–H groups in total. The summed E-state index contributed by atoms with van der Waals surface area (Å²) in [6.07, 6.45) is 0. The highest BCUT2D eigenvalue weighted by atomic mass is 16.5. The largest absolute Gasteiger partial charge is 0.439 e. The van der Waals surface area contributed by atoms with Crippen LogP contribution >= 0.6 is 0 Å². The number of hydrogen-bond donors (Lipinski definition) is 1. The maximum absolute atomic E-state index is 5.60. The van der Waals surface area contributed by atoms with Gasteiger partial charge in [0.2, 0.25) is 5.88 Å². The van der Waals surface area contributed by atoms with E-state index in [9.17, 15) is 0 Å². The van der Waals surface area contributed by atoms with Gasteiger partial charge in [-0.1, -0.05) is 12.1 Å². The van der Waals surface area contributed by atoms with Crippen LogP contribution < -0.4 is 10.5 Å². The molecule has 0 bridgehead atoms. The quantitative estimate of drug-likeness (QED) is 0.835. The van der Waals surface area contributed by atoms with Gasteiger partial charge in [0.1, 0.15) is 11.6 Å². The van der Waals surface area contributed by atoms with E-state index in [4.69, 9.17) is 10.5 Å². The zero-order chi connectivity index (χ0) is 11.5. The Morgan fingerprint density at radius 3 is 2.56 bits per heavy atom. The summed E-state index contributed by atoms with van der Waals surface area (Å²) in [4.78, 5) is 4.08. The SMILES string of the molecule is Cc1ccc(Oc2cccc(N)n2)cc1C. The predicted octanol–water partition coefficient (Wildman–Crippen LogP) is 3.07. The summed E-state index contributed by atoms with van der Waals surface area (Å²) in [5.74, 6) is 1.76. The van der Waals surface area contributed by atoms with E-state index in [1.165, 1.54) is 11.1 Å². The molecule has 0 spiro atoms. The fourth-order valence-electron chi connectivity index (χ4n) is 1.39. The van der Waals surface area contributed by atoms with Crippen molar-refractivity contribution in [1.82, 2.24) is 4.98 Å². The number of ether oxygens (including phenoxy) is 1. The third-order valence-electron chi connectivity index (χ3n) is 2.45. The van der Waals surface area contributed by atoms with E-state index in [1.807, 2.05) is 24.3 Å². The van der Waals surface area contributed by atoms with E-state index < -0.39 is 0 Å². The van der Waals surface area contributed by atoms with Gasteiger partial charge in [0.05, 0.1) is 0 Å². The van der Waals surface area contributed by atoms with E-state index in [2.05, 4.69) is 18.8 Å². The molecule has 0 saturated carbocycles. The van der Waals surface area contributed by atoms with E-state index in [-0.39, 0.29) is 0 Å². The summed E-state index contributed by atoms with van der Waals surface area (Å²) < 4.78 is 5.60. The molecule has 0 amide bonds. The van der Waals surface area contributed by atoms with Crippen molar-refractivity contribution < 1.29 is 4.74 Å². The minimum absolute atomic E-state index is 0.460. The van der Waals surface area contributed by atoms with Crippen molar-refractivity contribution in [2.24, 2.45) is 0 Å². The zero-order valence-corrected chi connectivity index (χ0v) is 9.40. The summed E-state index contributed by atoms with van der Waals surface area (Å²) in [6.45, 7) is 4.12. The molecule has 2 rings (SSSR count). The average Bonchev–Trinajstić information content (AvgIpc) is 2.24. The molecule has 16 heavy (non-hydrogen) atoms. The fourth-order valence-corrected chi connectivity index (χ4v) is 1.39. The Kier molecular flexibility index (Phi) is 2.77. The maximum atomic E-state index is 5.60. The van der Waals surface area contributed by atoms with Gasteiger partial charge in [0.25, 0.3) is 0 Å². The molecule has 1 heterocycles. The molecule has 3 nitrogen and oxygen atoms in total. The molecule has 0 radical (unpaired) electrons. The van der Waals surface area contributed by atoms with Gasteiger partial charge in [0.15, 0.2) is 0 Å². The summed E-state index contributed by atoms with van der Waals surface area (Å²) in [5.41, 5.74) is 8.01. The normalized spacial score (nSPS) is 10.1. The number of benzene rings is 1. The average molecular weight is 214 g/mol. The van der Waals surface area contributed by atoms with Gasteiger partial charge < -0.3 is 10.5 Å². The first-order chi connectivity index (χ1) is 7.65. The predicted molar refractivity (Wildman–Crippen MR) is 64.6 cm³/mol. The first-order valence-corrected chi connectivity index (χ1v) is 5.13. The number of aromatic nitrogens is 1. The third kappa shape index (κ3) is 2.31. The molecule has 1 aromatic heterocycles. The number of nitrogens with two attached hydrogens (primary N) is 1. The molecule has 2 aromatic rings. The topological polar surface area (TPSA) is 48.1 Å². The van der Waals surface area contributed by atoms with Crippen LogP contribution in [-0.2, 0) is 0 Å². The molecule has 82 valence electrons. The summed E-state index contributed by atoms with van der Waals surface area (Å²) in [5, 5.41) is 0. The van der Waals surface area contributed by atoms with Crippen molar-refractivity contribution >= 4 is 5.82 Å². The molecule has 0 atom stereocenters. The standard InChI is InChI=1S/C13H14N2O/c1-9-6-7-11(8-10(9)2)16-13-5-3-4-12(14)15-13/h3-8H,1-2H3,(H2,14,15). The van der Waals surface area contributed by atoms with Crippen molar-refractivity contribution in [3.8, 4) is 11.6 Å². The van der Waals surface area contributed by atoms with Gasteiger partial charge in [-0.3, -0.25) is 0 Å². The van der Waals surface area contributed by atoms with Crippen LogP contribution in [0, 0.1) is 13.8 Å². The number of nitrogen functional groups attached to an aromatic ring is 1. The van der Waals surface area contributed by atoms with Crippen LogP contribution in [-0.4, -0.2) is 4.98 Å². The van der Waals surface area contributed by atoms with Gasteiger partial charge in [-0.25, -0.2) is 0 Å². The number of anilines is 1. The molecule has 0 aliphatic rings. The van der Waals surface area contributed by atoms with Crippen molar-refractivity contribution in [2.45, 2.75) is 13.8 Å². The van der Waals surface area contributed by atoms with E-state index in [0.29, 0.717) is 11.7 Å². The van der Waals surface area contributed by atoms with Crippen LogP contribution in [0.25, 0.3) is 0 Å². The van der Waals surface area contributed by atoms with Crippen molar-refractivity contribution in [1.29, 1.82) is 0 Å². The van der Waals surface area contributed by atoms with Crippen LogP contribution in [0.1, 0.15) is 11.1 Å². The summed E-state index contributed by atoms with van der Waals surface area (Å²) in [6, 6.07) is 11.3. The lowest BCUT2D eigenvalue weighted by molar-refractivity contribution is 0.463. The fraction of sp³-hybridized carbons (Fsp3) is 0.154. The van der Waals surface area contributed by atoms with Crippen LogP contribution in [0.4, 0.5) is 5.82 Å². The van der Waals surface area contributed by atoms with Crippen LogP contribution in [0.15, 0.2) is 36.4 Å². The first kappa shape index (κ1) is 10.5. The second-order valence-electron chi connectivity index (χ2n) is 3.75. The number of rotatable bonds is 2. The monoisotopic (exact) mass is 214 g/mol. The van der Waals surface area contributed by atoms with Crippen molar-refractivity contribution in [3.63, 3.8) is 0 Å². The number of hydrogen-bond acceptors (Lipinski definition) is 3. The van der Waals surface area contributed by atoms with Crippen molar-refractivity contribution in [3.05, 3.63) is 47.5 Å². The first-order valence-electron chi connectivity index (χ1n) is 5.13. The van der Waals surface area contributed by atoms with Gasteiger partial charge in [-0.2, -0.15) is 4.98 Å². The zero-order valence-electron chi connectivity index (χ0n) is 9.40. The number of pyridine rings is 1. The lowest BCUT2D eigenvalue weighted by atomic mass is 10.1. The minimum Gasteiger partial charge on any atom is -0.439 e. The van der Waals surface area contributed by atoms with E-state index in [1.54, 1.807) is 12.1 Å². The molecular weight excluding hydrogens is 200 g/mol. The highest BCUT2D eigenvalue weighted by Gasteiger charge is 2.00. The van der Waals surface area contributed by atoms with Gasteiger partial charge in [-0.05, 0) is 43.2 Å². The Balaban J connectivity index is 2.24. The van der Waals surface area contributed by atoms with Gasteiger partial charge >= 0.3 is 0 Å². The smallest absolute Gasteiger partial charge is 0.221 e. The molecule has 0 saturated heterocycles. The number of aryl methyl sites for hydroxylation is 2. The Hall–Kier alpha value is -2.03. The lowest BCUT2D eigenvalue weighted by Crippen LogP contribution is -1.93. The minimum atomic E-state index is 0.460. The molecule has 0 aliphatic carbocycles. The number of nitrogens with zero attached hydrogens (tertiary/aromatic N) is 1. The maximum Gasteiger partial charge on any atom is 0.221 e. The van der Waals surface area contributed by atoms with Gasteiger partial charge in [-0.15, -0.1) is 0 Å². The highest BCUT2D eigenvalue weighted by Crippen LogP contribution is 2.22. The Morgan fingerprint density at radius 2 is 1.88 bits per heavy atom. The van der Waals surface area contributed by atoms with Crippen LogP contribution in [0.5, 0.6) is 11.6 Å². The third-order valence-corrected chi connectivity index (χ3v) is 2.45. The Bertz CT molecular complexity index is 509. The molecule has 3 heteroatoms. The van der Waals surface area contributed by atoms with E-state index >= 15 is 0 Å². The van der Waals surface area contributed by atoms with Crippen LogP contribution in [0.2, 0.25) is 0 Å². The second-order valence-corrected chi connectivity index (χ2v) is 3.75. The van der Waals surface area contributed by atoms with Crippen molar-refractivity contribution in [2.75, 3.05) is 5.73 Å². The lowest BCUT2D eigenvalue weighted by Gasteiger charge is -2.07. The molecule has 0 fully saturated rings. The summed E-state index contributed by atoms with van der Waals surface area (Å²) in [7, 11) is 0. The molecule has 0 unspecified atom stereocenters. The Labute approximate surface area is 94.9 Å². The Morgan fingerprint density at radius 1 is 1.06 bits per heavy atom.